The minimum absolute atomic E-state index is 0.103. The highest BCUT2D eigenvalue weighted by atomic mass is 16.5. The van der Waals surface area contributed by atoms with Crippen LogP contribution in [0.5, 0.6) is 5.75 Å². The first-order chi connectivity index (χ1) is 12.1. The highest BCUT2D eigenvalue weighted by Gasteiger charge is 2.25. The van der Waals surface area contributed by atoms with Crippen LogP contribution < -0.4 is 15.4 Å². The molecule has 1 saturated carbocycles. The second-order valence-corrected chi connectivity index (χ2v) is 6.88. The number of unbranched alkanes of at least 4 members (excludes halogenated alkanes) is 2. The lowest BCUT2D eigenvalue weighted by molar-refractivity contribution is -0.137. The second-order valence-electron chi connectivity index (χ2n) is 6.88. The van der Waals surface area contributed by atoms with Gasteiger partial charge in [-0.2, -0.15) is 0 Å². The molecule has 5 heteroatoms. The number of anilines is 1. The van der Waals surface area contributed by atoms with Crippen molar-refractivity contribution in [1.29, 1.82) is 0 Å². The molecule has 1 aliphatic carbocycles. The van der Waals surface area contributed by atoms with Crippen LogP contribution in [-0.4, -0.2) is 24.5 Å². The standard InChI is InChI=1S/C20H30N2O3/c1-3-4-7-14-25-17-12-10-16(11-13-17)21-19(23)20(24)22-18-9-6-5-8-15(18)2/h10-13,15,18H,3-9,14H2,1-2H3,(H,21,23)(H,22,24)/t15-,18-/m0/s1. The molecule has 2 amide bonds. The number of hydrogen-bond acceptors (Lipinski definition) is 3. The van der Waals surface area contributed by atoms with E-state index in [9.17, 15) is 9.59 Å². The van der Waals surface area contributed by atoms with Crippen molar-refractivity contribution < 1.29 is 14.3 Å². The molecular weight excluding hydrogens is 316 g/mol. The zero-order chi connectivity index (χ0) is 18.1. The van der Waals surface area contributed by atoms with Crippen LogP contribution in [0, 0.1) is 5.92 Å². The van der Waals surface area contributed by atoms with Crippen LogP contribution >= 0.6 is 0 Å². The van der Waals surface area contributed by atoms with Crippen LogP contribution in [0.25, 0.3) is 0 Å². The van der Waals surface area contributed by atoms with E-state index >= 15 is 0 Å². The van der Waals surface area contributed by atoms with Crippen molar-refractivity contribution in [1.82, 2.24) is 5.32 Å². The van der Waals surface area contributed by atoms with Gasteiger partial charge in [-0.1, -0.05) is 39.5 Å². The lowest BCUT2D eigenvalue weighted by Gasteiger charge is -2.29. The molecule has 1 aromatic rings. The summed E-state index contributed by atoms with van der Waals surface area (Å²) in [6.45, 7) is 4.98. The predicted octanol–water partition coefficient (Wildman–Crippen LogP) is 3.89. The van der Waals surface area contributed by atoms with E-state index in [4.69, 9.17) is 4.74 Å². The first-order valence-electron chi connectivity index (χ1n) is 9.45. The van der Waals surface area contributed by atoms with Gasteiger partial charge in [0.25, 0.3) is 0 Å². The highest BCUT2D eigenvalue weighted by molar-refractivity contribution is 6.39. The quantitative estimate of drug-likeness (QED) is 0.581. The fourth-order valence-electron chi connectivity index (χ4n) is 3.13. The summed E-state index contributed by atoms with van der Waals surface area (Å²) in [6, 6.07) is 7.23. The summed E-state index contributed by atoms with van der Waals surface area (Å²) >= 11 is 0. The maximum Gasteiger partial charge on any atom is 0.313 e. The van der Waals surface area contributed by atoms with E-state index in [0.29, 0.717) is 18.2 Å². The van der Waals surface area contributed by atoms with E-state index < -0.39 is 11.8 Å². The molecule has 0 aliphatic heterocycles. The average molecular weight is 346 g/mol. The van der Waals surface area contributed by atoms with E-state index in [1.807, 2.05) is 12.1 Å². The minimum atomic E-state index is -0.616. The number of rotatable bonds is 7. The third-order valence-corrected chi connectivity index (χ3v) is 4.76. The van der Waals surface area contributed by atoms with Crippen LogP contribution in [-0.2, 0) is 9.59 Å². The summed E-state index contributed by atoms with van der Waals surface area (Å²) in [6.07, 6.45) is 7.72. The Bertz CT molecular complexity index is 557. The largest absolute Gasteiger partial charge is 0.494 e. The monoisotopic (exact) mass is 346 g/mol. The molecule has 0 aromatic heterocycles. The molecular formula is C20H30N2O3. The summed E-state index contributed by atoms with van der Waals surface area (Å²) < 4.78 is 5.64. The van der Waals surface area contributed by atoms with Gasteiger partial charge >= 0.3 is 11.8 Å². The molecule has 0 radical (unpaired) electrons. The number of carbonyl (C=O) groups is 2. The fourth-order valence-corrected chi connectivity index (χ4v) is 3.13. The van der Waals surface area contributed by atoms with Gasteiger partial charge in [0.05, 0.1) is 6.61 Å². The smallest absolute Gasteiger partial charge is 0.313 e. The molecule has 25 heavy (non-hydrogen) atoms. The first kappa shape index (κ1) is 19.3. The molecule has 2 atom stereocenters. The van der Waals surface area contributed by atoms with Gasteiger partial charge < -0.3 is 15.4 Å². The van der Waals surface area contributed by atoms with E-state index in [0.717, 1.165) is 44.3 Å². The Morgan fingerprint density at radius 3 is 2.48 bits per heavy atom. The van der Waals surface area contributed by atoms with E-state index in [2.05, 4.69) is 24.5 Å². The topological polar surface area (TPSA) is 67.4 Å². The van der Waals surface area contributed by atoms with Gasteiger partial charge in [-0.15, -0.1) is 0 Å². The Balaban J connectivity index is 1.78. The van der Waals surface area contributed by atoms with Gasteiger partial charge in [-0.25, -0.2) is 0 Å². The molecule has 1 fully saturated rings. The Labute approximate surface area is 150 Å². The molecule has 138 valence electrons. The number of nitrogens with one attached hydrogen (secondary N) is 2. The van der Waals surface area contributed by atoms with Crippen molar-refractivity contribution >= 4 is 17.5 Å². The van der Waals surface area contributed by atoms with Crippen LogP contribution in [0.4, 0.5) is 5.69 Å². The molecule has 5 nitrogen and oxygen atoms in total. The van der Waals surface area contributed by atoms with Crippen LogP contribution in [0.1, 0.15) is 58.8 Å². The van der Waals surface area contributed by atoms with E-state index in [1.165, 1.54) is 6.42 Å². The lowest BCUT2D eigenvalue weighted by atomic mass is 9.86. The lowest BCUT2D eigenvalue weighted by Crippen LogP contribution is -2.45. The molecule has 0 spiro atoms. The summed E-state index contributed by atoms with van der Waals surface area (Å²) in [5.74, 6) is 0.0252. The Kier molecular flexibility index (Phi) is 7.76. The minimum Gasteiger partial charge on any atom is -0.494 e. The summed E-state index contributed by atoms with van der Waals surface area (Å²) in [5, 5.41) is 5.51. The molecule has 1 aromatic carbocycles. The molecule has 0 unspecified atom stereocenters. The third-order valence-electron chi connectivity index (χ3n) is 4.76. The fraction of sp³-hybridized carbons (Fsp3) is 0.600. The average Bonchev–Trinajstić information content (AvgIpc) is 2.62. The van der Waals surface area contributed by atoms with Crippen molar-refractivity contribution in [3.8, 4) is 5.75 Å². The molecule has 0 bridgehead atoms. The summed E-state index contributed by atoms with van der Waals surface area (Å²) in [7, 11) is 0. The highest BCUT2D eigenvalue weighted by Crippen LogP contribution is 2.23. The van der Waals surface area contributed by atoms with Gasteiger partial charge in [0.2, 0.25) is 0 Å². The van der Waals surface area contributed by atoms with Crippen molar-refractivity contribution in [2.45, 2.75) is 64.8 Å². The van der Waals surface area contributed by atoms with Crippen LogP contribution in [0.3, 0.4) is 0 Å². The first-order valence-corrected chi connectivity index (χ1v) is 9.45. The number of carbonyl (C=O) groups excluding carboxylic acids is 2. The van der Waals surface area contributed by atoms with Gasteiger partial charge in [-0.3, -0.25) is 9.59 Å². The van der Waals surface area contributed by atoms with Gasteiger partial charge in [0.1, 0.15) is 5.75 Å². The summed E-state index contributed by atoms with van der Waals surface area (Å²) in [5.41, 5.74) is 0.595. The van der Waals surface area contributed by atoms with E-state index in [-0.39, 0.29) is 6.04 Å². The number of hydrogen-bond donors (Lipinski definition) is 2. The van der Waals surface area contributed by atoms with Crippen LogP contribution in [0.15, 0.2) is 24.3 Å². The Morgan fingerprint density at radius 1 is 1.08 bits per heavy atom. The predicted molar refractivity (Wildman–Crippen MR) is 99.7 cm³/mol. The normalized spacial score (nSPS) is 19.9. The van der Waals surface area contributed by atoms with Crippen molar-refractivity contribution in [2.75, 3.05) is 11.9 Å². The van der Waals surface area contributed by atoms with E-state index in [1.54, 1.807) is 12.1 Å². The van der Waals surface area contributed by atoms with Gasteiger partial charge in [0, 0.05) is 11.7 Å². The van der Waals surface area contributed by atoms with Crippen molar-refractivity contribution in [3.05, 3.63) is 24.3 Å². The number of ether oxygens (including phenoxy) is 1. The van der Waals surface area contributed by atoms with Crippen molar-refractivity contribution in [3.63, 3.8) is 0 Å². The van der Waals surface area contributed by atoms with Gasteiger partial charge in [-0.05, 0) is 49.4 Å². The zero-order valence-electron chi connectivity index (χ0n) is 15.3. The zero-order valence-corrected chi connectivity index (χ0v) is 15.3. The van der Waals surface area contributed by atoms with Crippen LogP contribution in [0.2, 0.25) is 0 Å². The van der Waals surface area contributed by atoms with Crippen molar-refractivity contribution in [2.24, 2.45) is 5.92 Å². The van der Waals surface area contributed by atoms with Gasteiger partial charge in [0.15, 0.2) is 0 Å². The molecule has 0 saturated heterocycles. The second kappa shape index (κ2) is 10.1. The molecule has 2 N–H and O–H groups in total. The molecule has 1 aliphatic rings. The molecule has 2 rings (SSSR count). The number of amides is 2. The Hall–Kier alpha value is -2.04. The summed E-state index contributed by atoms with van der Waals surface area (Å²) in [4.78, 5) is 24.2. The maximum absolute atomic E-state index is 12.1. The third kappa shape index (κ3) is 6.40. The Morgan fingerprint density at radius 2 is 1.80 bits per heavy atom. The maximum atomic E-state index is 12.1. The number of benzene rings is 1. The SMILES string of the molecule is CCCCCOc1ccc(NC(=O)C(=O)N[C@H]2CCCC[C@@H]2C)cc1. The molecule has 0 heterocycles.